The third-order valence-corrected chi connectivity index (χ3v) is 2.79. The summed E-state index contributed by atoms with van der Waals surface area (Å²) in [4.78, 5) is 10.3. The Morgan fingerprint density at radius 2 is 2.33 bits per heavy atom. The zero-order valence-electron chi connectivity index (χ0n) is 5.16. The van der Waals surface area contributed by atoms with Crippen LogP contribution in [0.2, 0.25) is 0 Å². The molecule has 0 amide bonds. The van der Waals surface area contributed by atoms with Crippen LogP contribution in [0.3, 0.4) is 0 Å². The van der Waals surface area contributed by atoms with Crippen LogP contribution in [0.1, 0.15) is 13.3 Å². The van der Waals surface area contributed by atoms with Crippen molar-refractivity contribution in [1.29, 1.82) is 0 Å². The molecule has 1 aliphatic rings. The van der Waals surface area contributed by atoms with Crippen molar-refractivity contribution in [2.24, 2.45) is 5.92 Å². The normalized spacial score (nSPS) is 40.6. The van der Waals surface area contributed by atoms with E-state index in [9.17, 15) is 4.79 Å². The van der Waals surface area contributed by atoms with Gasteiger partial charge < -0.3 is 0 Å². The van der Waals surface area contributed by atoms with E-state index in [1.807, 2.05) is 6.92 Å². The molecule has 1 saturated carbocycles. The summed E-state index contributed by atoms with van der Waals surface area (Å²) in [5, 5.41) is 0. The first-order valence-corrected chi connectivity index (χ1v) is 3.80. The van der Waals surface area contributed by atoms with Crippen LogP contribution in [0.15, 0.2) is 0 Å². The predicted octanol–water partition coefficient (Wildman–Crippen LogP) is 1.81. The van der Waals surface area contributed by atoms with Crippen molar-refractivity contribution in [3.8, 4) is 0 Å². The molecular weight excluding hydrogens is 159 g/mol. The average molecular weight is 167 g/mol. The molecule has 0 bridgehead atoms. The van der Waals surface area contributed by atoms with Crippen LogP contribution in [0, 0.1) is 5.92 Å². The zero-order valence-corrected chi connectivity index (χ0v) is 6.67. The summed E-state index contributed by atoms with van der Waals surface area (Å²) in [6, 6.07) is 0. The van der Waals surface area contributed by atoms with Gasteiger partial charge in [-0.1, -0.05) is 6.92 Å². The highest BCUT2D eigenvalue weighted by molar-refractivity contribution is 6.43. The van der Waals surface area contributed by atoms with Gasteiger partial charge in [0.25, 0.3) is 0 Å². The summed E-state index contributed by atoms with van der Waals surface area (Å²) in [5.74, 6) is 0.345. The van der Waals surface area contributed by atoms with Crippen LogP contribution in [0.4, 0.5) is 0 Å². The van der Waals surface area contributed by atoms with E-state index < -0.39 is 4.87 Å². The van der Waals surface area contributed by atoms with Crippen LogP contribution >= 0.6 is 23.2 Å². The van der Waals surface area contributed by atoms with Crippen molar-refractivity contribution in [3.63, 3.8) is 0 Å². The van der Waals surface area contributed by atoms with E-state index in [0.717, 1.165) is 6.42 Å². The SMILES string of the molecule is CC1CC1(Cl)C(=O)CCl. The molecular formula is C6H8Cl2O. The van der Waals surface area contributed by atoms with Gasteiger partial charge >= 0.3 is 0 Å². The molecule has 9 heavy (non-hydrogen) atoms. The molecule has 2 atom stereocenters. The Balaban J connectivity index is 2.53. The van der Waals surface area contributed by atoms with Crippen LogP contribution in [-0.4, -0.2) is 16.5 Å². The van der Waals surface area contributed by atoms with Crippen molar-refractivity contribution >= 4 is 29.0 Å². The van der Waals surface area contributed by atoms with Gasteiger partial charge in [0.2, 0.25) is 0 Å². The smallest absolute Gasteiger partial charge is 0.168 e. The molecule has 0 N–H and O–H groups in total. The van der Waals surface area contributed by atoms with E-state index in [4.69, 9.17) is 23.2 Å². The molecule has 0 spiro atoms. The van der Waals surface area contributed by atoms with E-state index in [1.165, 1.54) is 0 Å². The largest absolute Gasteiger partial charge is 0.296 e. The van der Waals surface area contributed by atoms with Crippen molar-refractivity contribution < 1.29 is 4.79 Å². The molecule has 52 valence electrons. The molecule has 0 aromatic rings. The van der Waals surface area contributed by atoms with Gasteiger partial charge in [-0.15, -0.1) is 23.2 Å². The van der Waals surface area contributed by atoms with E-state index >= 15 is 0 Å². The monoisotopic (exact) mass is 166 g/mol. The van der Waals surface area contributed by atoms with Crippen molar-refractivity contribution in [2.45, 2.75) is 18.2 Å². The van der Waals surface area contributed by atoms with Gasteiger partial charge in [-0.25, -0.2) is 0 Å². The lowest BCUT2D eigenvalue weighted by Crippen LogP contribution is -2.18. The van der Waals surface area contributed by atoms with E-state index in [0.29, 0.717) is 5.92 Å². The summed E-state index contributed by atoms with van der Waals surface area (Å²) in [7, 11) is 0. The maximum absolute atomic E-state index is 10.8. The highest BCUT2D eigenvalue weighted by atomic mass is 35.5. The highest BCUT2D eigenvalue weighted by Gasteiger charge is 2.54. The Morgan fingerprint density at radius 3 is 2.44 bits per heavy atom. The van der Waals surface area contributed by atoms with Gasteiger partial charge in [-0.2, -0.15) is 0 Å². The first-order chi connectivity index (χ1) is 4.11. The third kappa shape index (κ3) is 1.08. The van der Waals surface area contributed by atoms with Crippen molar-refractivity contribution in [2.75, 3.05) is 5.88 Å². The Morgan fingerprint density at radius 1 is 1.89 bits per heavy atom. The minimum atomic E-state index is -0.582. The van der Waals surface area contributed by atoms with E-state index in [-0.39, 0.29) is 11.7 Å². The fraction of sp³-hybridized carbons (Fsp3) is 0.833. The molecule has 1 rings (SSSR count). The molecule has 0 aromatic heterocycles. The molecule has 0 radical (unpaired) electrons. The molecule has 0 heterocycles. The number of carbonyl (C=O) groups is 1. The molecule has 0 saturated heterocycles. The first kappa shape index (κ1) is 7.36. The molecule has 1 fully saturated rings. The zero-order chi connectivity index (χ0) is 7.07. The lowest BCUT2D eigenvalue weighted by molar-refractivity contribution is -0.117. The number of halogens is 2. The van der Waals surface area contributed by atoms with Crippen LogP contribution in [-0.2, 0) is 4.79 Å². The van der Waals surface area contributed by atoms with Gasteiger partial charge in [0.05, 0.1) is 5.88 Å². The Hall–Kier alpha value is 0.250. The number of alkyl halides is 2. The summed E-state index contributed by atoms with van der Waals surface area (Å²) >= 11 is 11.1. The number of rotatable bonds is 2. The molecule has 0 aromatic carbocycles. The van der Waals surface area contributed by atoms with Gasteiger partial charge in [0.1, 0.15) is 4.87 Å². The number of carbonyl (C=O) groups excluding carboxylic acids is 1. The van der Waals surface area contributed by atoms with Gasteiger partial charge in [-0.3, -0.25) is 4.79 Å². The third-order valence-electron chi connectivity index (χ3n) is 1.81. The average Bonchev–Trinajstić information content (AvgIpc) is 2.41. The highest BCUT2D eigenvalue weighted by Crippen LogP contribution is 2.49. The molecule has 1 nitrogen and oxygen atoms in total. The first-order valence-electron chi connectivity index (χ1n) is 2.89. The maximum atomic E-state index is 10.8. The second-order valence-corrected chi connectivity index (χ2v) is 3.47. The van der Waals surface area contributed by atoms with Crippen LogP contribution < -0.4 is 0 Å². The summed E-state index contributed by atoms with van der Waals surface area (Å²) in [6.45, 7) is 1.96. The Bertz CT molecular complexity index is 146. The standard InChI is InChI=1S/C6H8Cl2O/c1-4-2-6(4,8)5(9)3-7/h4H,2-3H2,1H3. The van der Waals surface area contributed by atoms with E-state index in [1.54, 1.807) is 0 Å². The van der Waals surface area contributed by atoms with Gasteiger partial charge in [-0.05, 0) is 12.3 Å². The van der Waals surface area contributed by atoms with E-state index in [2.05, 4.69) is 0 Å². The quantitative estimate of drug-likeness (QED) is 0.573. The number of hydrogen-bond acceptors (Lipinski definition) is 1. The lowest BCUT2D eigenvalue weighted by Gasteiger charge is -2.00. The molecule has 0 aliphatic heterocycles. The lowest BCUT2D eigenvalue weighted by atomic mass is 10.2. The fourth-order valence-electron chi connectivity index (χ4n) is 0.886. The Labute approximate surface area is 64.3 Å². The molecule has 3 heteroatoms. The minimum absolute atomic E-state index is 0.0293. The fourth-order valence-corrected chi connectivity index (χ4v) is 1.49. The summed E-state index contributed by atoms with van der Waals surface area (Å²) in [6.07, 6.45) is 0.792. The topological polar surface area (TPSA) is 17.1 Å². The second kappa shape index (κ2) is 2.14. The predicted molar refractivity (Wildman–Crippen MR) is 38.1 cm³/mol. The van der Waals surface area contributed by atoms with Crippen molar-refractivity contribution in [1.82, 2.24) is 0 Å². The van der Waals surface area contributed by atoms with Gasteiger partial charge in [0.15, 0.2) is 5.78 Å². The summed E-state index contributed by atoms with van der Waals surface area (Å²) < 4.78 is 0. The minimum Gasteiger partial charge on any atom is -0.296 e. The van der Waals surface area contributed by atoms with Gasteiger partial charge in [0, 0.05) is 0 Å². The number of Topliss-reactive ketones (excluding diaryl/α,β-unsaturated/α-hetero) is 1. The number of hydrogen-bond donors (Lipinski definition) is 0. The second-order valence-electron chi connectivity index (χ2n) is 2.52. The Kier molecular flexibility index (Phi) is 1.75. The van der Waals surface area contributed by atoms with Crippen LogP contribution in [0.5, 0.6) is 0 Å². The number of ketones is 1. The van der Waals surface area contributed by atoms with Crippen molar-refractivity contribution in [3.05, 3.63) is 0 Å². The molecule has 1 aliphatic carbocycles. The summed E-state index contributed by atoms with van der Waals surface area (Å²) in [5.41, 5.74) is 0. The molecule has 2 unspecified atom stereocenters. The maximum Gasteiger partial charge on any atom is 0.168 e. The van der Waals surface area contributed by atoms with Crippen LogP contribution in [0.25, 0.3) is 0 Å².